The van der Waals surface area contributed by atoms with E-state index < -0.39 is 32.6 Å². The third kappa shape index (κ3) is 4.60. The van der Waals surface area contributed by atoms with Crippen molar-refractivity contribution in [1.29, 1.82) is 0 Å². The molecule has 0 aliphatic rings. The second kappa shape index (κ2) is 7.40. The van der Waals surface area contributed by atoms with Crippen molar-refractivity contribution in [2.24, 2.45) is 0 Å². The Labute approximate surface area is 162 Å². The molecular formula is C16H13ClF2N4O4S. The predicted molar refractivity (Wildman–Crippen MR) is 94.6 cm³/mol. The highest BCUT2D eigenvalue weighted by Gasteiger charge is 2.35. The summed E-state index contributed by atoms with van der Waals surface area (Å²) in [6, 6.07) is 5.48. The first-order valence-corrected chi connectivity index (χ1v) is 9.99. The van der Waals surface area contributed by atoms with Crippen molar-refractivity contribution in [1.82, 2.24) is 20.3 Å². The number of aryl methyl sites for hydroxylation is 1. The summed E-state index contributed by atoms with van der Waals surface area (Å²) in [5.41, 5.74) is 1.54. The number of benzene rings is 1. The Bertz CT molecular complexity index is 1100. The van der Waals surface area contributed by atoms with Crippen LogP contribution < -0.4 is 0 Å². The molecule has 148 valence electrons. The molecule has 0 fully saturated rings. The van der Waals surface area contributed by atoms with Crippen molar-refractivity contribution in [3.8, 4) is 11.4 Å². The van der Waals surface area contributed by atoms with Crippen LogP contribution in [0.15, 0.2) is 35.0 Å². The Morgan fingerprint density at radius 1 is 1.29 bits per heavy atom. The van der Waals surface area contributed by atoms with Gasteiger partial charge >= 0.3 is 11.3 Å². The standard InChI is InChI=1S/C16H13ClF2N4O4S/c1-9-12(6-20-22-9)7-28(25,26)8-13(24)10-2-4-11(5-3-10)14-21-15(27-23-14)16(17,18)19/h2-6H,7-8H2,1H3,(H,20,22). The van der Waals surface area contributed by atoms with E-state index in [1.807, 2.05) is 0 Å². The molecule has 1 aromatic carbocycles. The van der Waals surface area contributed by atoms with Gasteiger partial charge in [0, 0.05) is 22.4 Å². The minimum atomic E-state index is -3.79. The van der Waals surface area contributed by atoms with Crippen LogP contribution in [0.25, 0.3) is 11.4 Å². The Morgan fingerprint density at radius 3 is 2.50 bits per heavy atom. The van der Waals surface area contributed by atoms with E-state index in [9.17, 15) is 22.0 Å². The summed E-state index contributed by atoms with van der Waals surface area (Å²) < 4.78 is 54.7. The molecule has 0 unspecified atom stereocenters. The maximum absolute atomic E-state index is 12.9. The molecule has 3 rings (SSSR count). The molecule has 12 heteroatoms. The smallest absolute Gasteiger partial charge is 0.331 e. The van der Waals surface area contributed by atoms with Crippen LogP contribution in [-0.4, -0.2) is 40.3 Å². The Balaban J connectivity index is 1.71. The van der Waals surface area contributed by atoms with Gasteiger partial charge in [-0.3, -0.25) is 9.89 Å². The number of rotatable bonds is 7. The number of sulfone groups is 1. The fourth-order valence-corrected chi connectivity index (χ4v) is 3.86. The number of alkyl halides is 3. The quantitative estimate of drug-likeness (QED) is 0.452. The molecule has 1 N–H and O–H groups in total. The van der Waals surface area contributed by atoms with Gasteiger partial charge in [-0.1, -0.05) is 29.4 Å². The van der Waals surface area contributed by atoms with E-state index in [0.29, 0.717) is 16.8 Å². The van der Waals surface area contributed by atoms with E-state index in [1.165, 1.54) is 30.5 Å². The number of Topliss-reactive ketones (excluding diaryl/α,β-unsaturated/α-hetero) is 1. The fraction of sp³-hybridized carbons (Fsp3) is 0.250. The summed E-state index contributed by atoms with van der Waals surface area (Å²) in [5, 5.41) is 5.99. The topological polar surface area (TPSA) is 119 Å². The highest BCUT2D eigenvalue weighted by atomic mass is 35.5. The molecule has 0 aliphatic carbocycles. The first kappa shape index (κ1) is 20.1. The van der Waals surface area contributed by atoms with E-state index in [-0.39, 0.29) is 17.1 Å². The van der Waals surface area contributed by atoms with Crippen molar-refractivity contribution < 1.29 is 26.5 Å². The number of hydrogen-bond donors (Lipinski definition) is 1. The van der Waals surface area contributed by atoms with Gasteiger partial charge in [0.1, 0.15) is 5.75 Å². The van der Waals surface area contributed by atoms with Crippen molar-refractivity contribution in [3.05, 3.63) is 53.2 Å². The lowest BCUT2D eigenvalue weighted by atomic mass is 10.1. The van der Waals surface area contributed by atoms with E-state index >= 15 is 0 Å². The summed E-state index contributed by atoms with van der Waals surface area (Å²) in [5.74, 6) is -2.78. The number of aromatic nitrogens is 4. The molecule has 8 nitrogen and oxygen atoms in total. The molecule has 0 bridgehead atoms. The number of hydrogen-bond acceptors (Lipinski definition) is 7. The first-order valence-electron chi connectivity index (χ1n) is 7.79. The summed E-state index contributed by atoms with van der Waals surface area (Å²) in [4.78, 5) is 15.8. The van der Waals surface area contributed by atoms with Gasteiger partial charge in [-0.25, -0.2) is 8.42 Å². The van der Waals surface area contributed by atoms with Crippen LogP contribution in [0.3, 0.4) is 0 Å². The highest BCUT2D eigenvalue weighted by Crippen LogP contribution is 2.32. The maximum atomic E-state index is 12.9. The van der Waals surface area contributed by atoms with E-state index in [4.69, 9.17) is 11.6 Å². The van der Waals surface area contributed by atoms with Gasteiger partial charge in [0.15, 0.2) is 15.6 Å². The van der Waals surface area contributed by atoms with Crippen LogP contribution in [-0.2, 0) is 21.0 Å². The lowest BCUT2D eigenvalue weighted by Crippen LogP contribution is -2.18. The third-order valence-electron chi connectivity index (χ3n) is 3.79. The van der Waals surface area contributed by atoms with Crippen LogP contribution in [0.1, 0.15) is 27.5 Å². The summed E-state index contributed by atoms with van der Waals surface area (Å²) >= 11 is 4.81. The number of nitrogens with zero attached hydrogens (tertiary/aromatic N) is 3. The molecule has 28 heavy (non-hydrogen) atoms. The maximum Gasteiger partial charge on any atom is 0.400 e. The zero-order valence-corrected chi connectivity index (χ0v) is 15.9. The Hall–Kier alpha value is -2.66. The monoisotopic (exact) mass is 430 g/mol. The van der Waals surface area contributed by atoms with E-state index in [0.717, 1.165) is 0 Å². The number of aromatic amines is 1. The van der Waals surface area contributed by atoms with Gasteiger partial charge in [0.25, 0.3) is 0 Å². The average Bonchev–Trinajstić information content (AvgIpc) is 3.24. The van der Waals surface area contributed by atoms with Crippen LogP contribution >= 0.6 is 11.6 Å². The van der Waals surface area contributed by atoms with Gasteiger partial charge in [-0.2, -0.15) is 18.9 Å². The molecule has 0 saturated carbocycles. The van der Waals surface area contributed by atoms with Gasteiger partial charge < -0.3 is 4.52 Å². The van der Waals surface area contributed by atoms with Crippen LogP contribution in [0.2, 0.25) is 0 Å². The number of nitrogens with one attached hydrogen (secondary N) is 1. The first-order chi connectivity index (χ1) is 13.0. The molecular weight excluding hydrogens is 418 g/mol. The number of carbonyl (C=O) groups is 1. The molecule has 0 spiro atoms. The SMILES string of the molecule is Cc1[nH]ncc1CS(=O)(=O)CC(=O)c1ccc(-c2noc(C(F)(F)Cl)n2)cc1. The highest BCUT2D eigenvalue weighted by molar-refractivity contribution is 7.91. The van der Waals surface area contributed by atoms with Crippen LogP contribution in [0.5, 0.6) is 0 Å². The van der Waals surface area contributed by atoms with Crippen LogP contribution in [0.4, 0.5) is 8.78 Å². The van der Waals surface area contributed by atoms with Gasteiger partial charge in [0.05, 0.1) is 11.9 Å². The van der Waals surface area contributed by atoms with Gasteiger partial charge in [-0.05, 0) is 18.5 Å². The summed E-state index contributed by atoms with van der Waals surface area (Å²) in [6.45, 7) is 1.68. The molecule has 0 saturated heterocycles. The molecule has 2 heterocycles. The Kier molecular flexibility index (Phi) is 5.31. The third-order valence-corrected chi connectivity index (χ3v) is 5.41. The Morgan fingerprint density at radius 2 is 1.96 bits per heavy atom. The predicted octanol–water partition coefficient (Wildman–Crippen LogP) is 2.85. The van der Waals surface area contributed by atoms with Crippen molar-refractivity contribution in [2.45, 2.75) is 18.1 Å². The zero-order valence-electron chi connectivity index (χ0n) is 14.3. The lowest BCUT2D eigenvalue weighted by Gasteiger charge is -2.04. The molecule has 2 aromatic heterocycles. The zero-order chi connectivity index (χ0) is 20.5. The van der Waals surface area contributed by atoms with E-state index in [1.54, 1.807) is 6.92 Å². The number of carbonyl (C=O) groups excluding carboxylic acids is 1. The van der Waals surface area contributed by atoms with Gasteiger partial charge in [-0.15, -0.1) is 0 Å². The van der Waals surface area contributed by atoms with Crippen LogP contribution in [0, 0.1) is 6.92 Å². The fourth-order valence-electron chi connectivity index (χ4n) is 2.35. The van der Waals surface area contributed by atoms with Crippen molar-refractivity contribution >= 4 is 27.2 Å². The number of halogens is 3. The number of ketones is 1. The van der Waals surface area contributed by atoms with Gasteiger partial charge in [0.2, 0.25) is 5.82 Å². The summed E-state index contributed by atoms with van der Waals surface area (Å²) in [7, 11) is -3.70. The second-order valence-electron chi connectivity index (χ2n) is 5.97. The molecule has 0 aliphatic heterocycles. The van der Waals surface area contributed by atoms with E-state index in [2.05, 4.69) is 24.9 Å². The lowest BCUT2D eigenvalue weighted by molar-refractivity contribution is 0.0551. The molecule has 0 radical (unpaired) electrons. The normalized spacial score (nSPS) is 12.3. The van der Waals surface area contributed by atoms with Crippen molar-refractivity contribution in [2.75, 3.05) is 5.75 Å². The second-order valence-corrected chi connectivity index (χ2v) is 8.51. The average molecular weight is 431 g/mol. The summed E-state index contributed by atoms with van der Waals surface area (Å²) in [6.07, 6.45) is 1.40. The molecule has 0 atom stereocenters. The van der Waals surface area contributed by atoms with Crippen molar-refractivity contribution in [3.63, 3.8) is 0 Å². The minimum absolute atomic E-state index is 0.141. The minimum Gasteiger partial charge on any atom is -0.331 e. The molecule has 3 aromatic rings. The largest absolute Gasteiger partial charge is 0.400 e. The number of H-pyrrole nitrogens is 1. The molecule has 0 amide bonds.